The fourth-order valence-electron chi connectivity index (χ4n) is 10.6. The second kappa shape index (κ2) is 74.8. The van der Waals surface area contributed by atoms with Crippen LogP contribution in [0.2, 0.25) is 0 Å². The highest BCUT2D eigenvalue weighted by Crippen LogP contribution is 2.38. The molecule has 0 N–H and O–H groups in total. The van der Waals surface area contributed by atoms with E-state index in [1.165, 1.54) is 167 Å². The van der Waals surface area contributed by atoms with Crippen LogP contribution in [-0.4, -0.2) is 70.0 Å². The maximum absolute atomic E-state index is 12.9. The Morgan fingerprint density at radius 1 is 0.323 bits per heavy atom. The Hall–Kier alpha value is -4.37. The Labute approximate surface area is 592 Å². The predicted octanol–water partition coefficient (Wildman–Crippen LogP) is 25.6. The smallest absolute Gasteiger partial charge is 0.306 e. The summed E-state index contributed by atoms with van der Waals surface area (Å²) in [5.41, 5.74) is 0. The van der Waals surface area contributed by atoms with E-state index in [0.717, 1.165) is 122 Å². The molecule has 2 unspecified atom stereocenters. The summed E-state index contributed by atoms with van der Waals surface area (Å²) in [7, 11) is 1.16. The maximum atomic E-state index is 12.9. The zero-order valence-electron chi connectivity index (χ0n) is 62.5. The summed E-state index contributed by atoms with van der Waals surface area (Å²) in [4.78, 5) is 38.2. The van der Waals surface area contributed by atoms with Crippen LogP contribution in [0.4, 0.5) is 0 Å². The molecule has 0 aromatic rings. The summed E-state index contributed by atoms with van der Waals surface area (Å²) in [5.74, 6) is -0.830. The van der Waals surface area contributed by atoms with Crippen molar-refractivity contribution in [1.29, 1.82) is 0 Å². The first-order chi connectivity index (χ1) is 47.0. The molecular formula is C86H146NO8P. The number of rotatable bonds is 71. The second-order valence-electron chi connectivity index (χ2n) is 27.0. The highest BCUT2D eigenvalue weighted by molar-refractivity contribution is 7.45. The van der Waals surface area contributed by atoms with Crippen LogP contribution in [0.5, 0.6) is 0 Å². The maximum Gasteiger partial charge on any atom is 0.306 e. The van der Waals surface area contributed by atoms with Gasteiger partial charge in [-0.25, -0.2) is 0 Å². The number of ether oxygens (including phenoxy) is 2. The number of phosphoric acid groups is 1. The Morgan fingerprint density at radius 3 is 0.833 bits per heavy atom. The molecule has 0 saturated heterocycles. The van der Waals surface area contributed by atoms with Gasteiger partial charge in [-0.15, -0.1) is 0 Å². The third kappa shape index (κ3) is 78.6. The van der Waals surface area contributed by atoms with Crippen LogP contribution in [-0.2, 0) is 32.7 Å². The van der Waals surface area contributed by atoms with E-state index in [0.29, 0.717) is 17.4 Å². The Kier molecular flexibility index (Phi) is 71.4. The molecule has 0 fully saturated rings. The molecule has 10 heteroatoms. The van der Waals surface area contributed by atoms with Crippen LogP contribution in [0, 0.1) is 0 Å². The lowest BCUT2D eigenvalue weighted by atomic mass is 10.0. The topological polar surface area (TPSA) is 111 Å². The summed E-state index contributed by atoms with van der Waals surface area (Å²) in [6.07, 6.45) is 112. The Balaban J connectivity index is 4.01. The van der Waals surface area contributed by atoms with Crippen molar-refractivity contribution in [2.24, 2.45) is 0 Å². The van der Waals surface area contributed by atoms with Crippen molar-refractivity contribution in [3.05, 3.63) is 158 Å². The third-order valence-electron chi connectivity index (χ3n) is 16.5. The van der Waals surface area contributed by atoms with Crippen LogP contribution in [0.3, 0.4) is 0 Å². The van der Waals surface area contributed by atoms with Gasteiger partial charge in [-0.2, -0.15) is 0 Å². The van der Waals surface area contributed by atoms with Crippen LogP contribution < -0.4 is 4.89 Å². The van der Waals surface area contributed by atoms with Crippen LogP contribution >= 0.6 is 7.82 Å². The van der Waals surface area contributed by atoms with Gasteiger partial charge in [0.05, 0.1) is 27.7 Å². The van der Waals surface area contributed by atoms with Gasteiger partial charge >= 0.3 is 11.9 Å². The lowest BCUT2D eigenvalue weighted by Gasteiger charge is -2.28. The number of hydrogen-bond donors (Lipinski definition) is 0. The monoisotopic (exact) mass is 1350 g/mol. The van der Waals surface area contributed by atoms with Crippen LogP contribution in [0.15, 0.2) is 158 Å². The molecule has 0 radical (unpaired) electrons. The van der Waals surface area contributed by atoms with Gasteiger partial charge in [-0.3, -0.25) is 14.2 Å². The largest absolute Gasteiger partial charge is 0.756 e. The number of unbranched alkanes of at least 4 members (excludes halogenated alkanes) is 31. The number of carbonyl (C=O) groups is 2. The van der Waals surface area contributed by atoms with E-state index < -0.39 is 26.5 Å². The van der Waals surface area contributed by atoms with Gasteiger partial charge in [-0.1, -0.05) is 345 Å². The van der Waals surface area contributed by atoms with E-state index in [-0.39, 0.29) is 32.0 Å². The van der Waals surface area contributed by atoms with Crippen LogP contribution in [0.1, 0.15) is 322 Å². The van der Waals surface area contributed by atoms with Gasteiger partial charge in [0, 0.05) is 12.8 Å². The van der Waals surface area contributed by atoms with E-state index in [1.54, 1.807) is 0 Å². The quantitative estimate of drug-likeness (QED) is 0.0195. The Morgan fingerprint density at radius 2 is 0.562 bits per heavy atom. The summed E-state index contributed by atoms with van der Waals surface area (Å²) in [6, 6.07) is 0. The summed E-state index contributed by atoms with van der Waals surface area (Å²) in [5, 5.41) is 0. The molecule has 2 atom stereocenters. The molecule has 0 heterocycles. The number of hydrogen-bond acceptors (Lipinski definition) is 8. The average molecular weight is 1350 g/mol. The van der Waals surface area contributed by atoms with Crippen molar-refractivity contribution < 1.29 is 42.1 Å². The fraction of sp³-hybridized carbons (Fsp3) is 0.674. The van der Waals surface area contributed by atoms with Crippen LogP contribution in [0.25, 0.3) is 0 Å². The first-order valence-electron chi connectivity index (χ1n) is 39.2. The SMILES string of the molecule is CC/C=C\C/C=C\C/C=C\C/C=C\C/C=C\C/C=C\C/C=C\CCCCCCCCCCCCCCCCCC(=O)OC(COC(=O)CCCCCCCCCCCCCCCCCC/C=C\C/C=C\C/C=C\C/C=C\C/C=C\C/C=C\CC)COP(=O)([O-])OCC[N+](C)(C)C. The summed E-state index contributed by atoms with van der Waals surface area (Å²) in [6.45, 7) is 4.03. The molecule has 0 rings (SSSR count). The lowest BCUT2D eigenvalue weighted by molar-refractivity contribution is -0.870. The highest BCUT2D eigenvalue weighted by atomic mass is 31.2. The minimum Gasteiger partial charge on any atom is -0.756 e. The Bertz CT molecular complexity index is 2180. The number of quaternary nitrogens is 1. The van der Waals surface area contributed by atoms with E-state index in [1.807, 2.05) is 21.1 Å². The number of allylic oxidation sites excluding steroid dienone is 26. The number of nitrogens with zero attached hydrogens (tertiary/aromatic N) is 1. The molecule has 0 aliphatic rings. The molecule has 0 aromatic heterocycles. The summed E-state index contributed by atoms with van der Waals surface area (Å²) < 4.78 is 34.4. The van der Waals surface area contributed by atoms with Crippen molar-refractivity contribution in [3.63, 3.8) is 0 Å². The molecule has 0 aliphatic heterocycles. The molecule has 0 bridgehead atoms. The zero-order valence-corrected chi connectivity index (χ0v) is 63.4. The van der Waals surface area contributed by atoms with E-state index >= 15 is 0 Å². The molecule has 0 saturated carbocycles. The predicted molar refractivity (Wildman–Crippen MR) is 415 cm³/mol. The molecular weight excluding hydrogens is 1210 g/mol. The minimum absolute atomic E-state index is 0.0356. The van der Waals surface area contributed by atoms with Crippen molar-refractivity contribution in [2.45, 2.75) is 328 Å². The van der Waals surface area contributed by atoms with Crippen molar-refractivity contribution in [1.82, 2.24) is 0 Å². The van der Waals surface area contributed by atoms with Gasteiger partial charge in [0.1, 0.15) is 19.8 Å². The molecule has 548 valence electrons. The van der Waals surface area contributed by atoms with Crippen molar-refractivity contribution >= 4 is 19.8 Å². The third-order valence-corrected chi connectivity index (χ3v) is 17.5. The molecule has 9 nitrogen and oxygen atoms in total. The van der Waals surface area contributed by atoms with E-state index in [4.69, 9.17) is 18.5 Å². The molecule has 0 amide bonds. The van der Waals surface area contributed by atoms with E-state index in [2.05, 4.69) is 172 Å². The first kappa shape index (κ1) is 91.6. The molecule has 96 heavy (non-hydrogen) atoms. The molecule has 0 aliphatic carbocycles. The first-order valence-corrected chi connectivity index (χ1v) is 40.7. The van der Waals surface area contributed by atoms with Gasteiger partial charge in [0.15, 0.2) is 6.10 Å². The molecule has 0 aromatic carbocycles. The summed E-state index contributed by atoms with van der Waals surface area (Å²) >= 11 is 0. The lowest BCUT2D eigenvalue weighted by Crippen LogP contribution is -2.37. The van der Waals surface area contributed by atoms with Gasteiger partial charge in [0.25, 0.3) is 7.82 Å². The van der Waals surface area contributed by atoms with E-state index in [9.17, 15) is 19.0 Å². The molecule has 0 spiro atoms. The van der Waals surface area contributed by atoms with Gasteiger partial charge < -0.3 is 27.9 Å². The zero-order chi connectivity index (χ0) is 69.7. The number of carbonyl (C=O) groups excluding carboxylic acids is 2. The normalized spacial score (nSPS) is 13.9. The van der Waals surface area contributed by atoms with Gasteiger partial charge in [0.2, 0.25) is 0 Å². The average Bonchev–Trinajstić information content (AvgIpc) is 2.72. The van der Waals surface area contributed by atoms with Crippen molar-refractivity contribution in [3.8, 4) is 0 Å². The number of likely N-dealkylation sites (N-methyl/N-ethyl adjacent to an activating group) is 1. The number of esters is 2. The standard InChI is InChI=1S/C86H146NO8P/c1-6-8-10-12-14-16-18-20-22-24-26-28-30-32-34-36-38-40-42-43-45-47-49-51-53-55-57-59-61-63-65-67-69-71-73-75-77-79-86(89)95-84(83-94-96(90,91)93-81-80-87(3,4)5)82-92-85(88)78-76-74-72-70-68-66-64-62-60-58-56-54-52-50-48-46-44-41-39-37-35-33-31-29-27-25-23-21-19-17-15-13-11-9-7-2/h8-11,14-17,20-23,26-29,32-35,38-41,43,45,84H,6-7,12-13,18-19,24-25,30-31,36-37,42,44,46-83H2,1-5H3/b10-8-,11-9-,16-14-,17-15-,22-20-,23-21-,28-26-,29-27-,34-32-,35-33-,40-38-,41-39-,45-43-. The minimum atomic E-state index is -4.65. The number of phosphoric ester groups is 1. The van der Waals surface area contributed by atoms with Gasteiger partial charge in [-0.05, 0) is 122 Å². The fourth-order valence-corrected chi connectivity index (χ4v) is 11.4. The highest BCUT2D eigenvalue weighted by Gasteiger charge is 2.22. The second-order valence-corrected chi connectivity index (χ2v) is 28.4. The van der Waals surface area contributed by atoms with Crippen molar-refractivity contribution in [2.75, 3.05) is 47.5 Å².